The first-order chi connectivity index (χ1) is 17.7. The van der Waals surface area contributed by atoms with Crippen LogP contribution in [0.15, 0.2) is 64.9 Å². The molecule has 0 bridgehead atoms. The molecule has 7 heteroatoms. The van der Waals surface area contributed by atoms with Gasteiger partial charge in [0, 0.05) is 16.4 Å². The highest BCUT2D eigenvalue weighted by Gasteiger charge is 2.47. The molecule has 0 amide bonds. The fraction of sp³-hybridized carbons (Fsp3) is 0.483. The van der Waals surface area contributed by atoms with Gasteiger partial charge in [0.25, 0.3) is 0 Å². The minimum Gasteiger partial charge on any atom is -0.461 e. The number of hydrogen-bond donors (Lipinski definition) is 1. The molecule has 1 N–H and O–H groups in total. The number of ether oxygens (including phenoxy) is 1. The Morgan fingerprint density at radius 1 is 1.14 bits per heavy atom. The standard InChI is InChI=1S/C29H35N3O3S/c1-2-21-19-24(34-28(33)29(25-13-10-18-36-25)15-8-3-4-9-16-29)23(21)14-17-30-20-26-31-32-27(35-26)22-11-6-5-7-12-22/h2,5-7,10-13,18,21,23-24,30H,1,3-4,8-9,14-17,19-20H2/t21?,23?,24-/m0/s1. The molecule has 2 aromatic heterocycles. The molecule has 3 atom stereocenters. The number of hydrogen-bond acceptors (Lipinski definition) is 7. The molecule has 5 rings (SSSR count). The van der Waals surface area contributed by atoms with Gasteiger partial charge in [0.1, 0.15) is 11.5 Å². The summed E-state index contributed by atoms with van der Waals surface area (Å²) < 4.78 is 12.1. The lowest BCUT2D eigenvalue weighted by molar-refractivity contribution is -0.169. The zero-order chi connectivity index (χ0) is 24.8. The highest BCUT2D eigenvalue weighted by atomic mass is 32.1. The Kier molecular flexibility index (Phi) is 7.97. The molecule has 2 unspecified atom stereocenters. The number of carbonyl (C=O) groups is 1. The fourth-order valence-corrected chi connectivity index (χ4v) is 6.65. The predicted molar refractivity (Wildman–Crippen MR) is 141 cm³/mol. The number of nitrogens with zero attached hydrogens (tertiary/aromatic N) is 2. The van der Waals surface area contributed by atoms with Crippen LogP contribution in [0.4, 0.5) is 0 Å². The summed E-state index contributed by atoms with van der Waals surface area (Å²) in [5, 5.41) is 13.8. The van der Waals surface area contributed by atoms with Crippen molar-refractivity contribution in [3.05, 3.63) is 71.3 Å². The van der Waals surface area contributed by atoms with Crippen molar-refractivity contribution in [3.8, 4) is 11.5 Å². The van der Waals surface area contributed by atoms with Crippen LogP contribution in [0.3, 0.4) is 0 Å². The second-order valence-corrected chi connectivity index (χ2v) is 11.0. The van der Waals surface area contributed by atoms with Crippen LogP contribution >= 0.6 is 11.3 Å². The third-order valence-corrected chi connectivity index (χ3v) is 8.93. The minimum atomic E-state index is -0.471. The van der Waals surface area contributed by atoms with E-state index >= 15 is 0 Å². The summed E-state index contributed by atoms with van der Waals surface area (Å²) in [5.74, 6) is 1.74. The maximum absolute atomic E-state index is 13.7. The van der Waals surface area contributed by atoms with E-state index in [9.17, 15) is 4.79 Å². The lowest BCUT2D eigenvalue weighted by atomic mass is 9.69. The number of thiophene rings is 1. The Morgan fingerprint density at radius 3 is 2.67 bits per heavy atom. The summed E-state index contributed by atoms with van der Waals surface area (Å²) >= 11 is 1.69. The van der Waals surface area contributed by atoms with Crippen molar-refractivity contribution < 1.29 is 13.9 Å². The molecule has 2 aliphatic rings. The molecule has 190 valence electrons. The summed E-state index contributed by atoms with van der Waals surface area (Å²) in [6.07, 6.45) is 10.1. The van der Waals surface area contributed by atoms with Crippen LogP contribution in [0.25, 0.3) is 11.5 Å². The lowest BCUT2D eigenvalue weighted by Crippen LogP contribution is -2.48. The summed E-state index contributed by atoms with van der Waals surface area (Å²) in [7, 11) is 0. The maximum atomic E-state index is 13.7. The van der Waals surface area contributed by atoms with Crippen molar-refractivity contribution in [2.24, 2.45) is 11.8 Å². The molecule has 2 aliphatic carbocycles. The molecule has 2 fully saturated rings. The van der Waals surface area contributed by atoms with Crippen LogP contribution in [-0.4, -0.2) is 28.8 Å². The quantitative estimate of drug-likeness (QED) is 0.151. The van der Waals surface area contributed by atoms with Crippen molar-refractivity contribution in [2.75, 3.05) is 6.54 Å². The lowest BCUT2D eigenvalue weighted by Gasteiger charge is -2.44. The molecule has 0 saturated heterocycles. The molecule has 36 heavy (non-hydrogen) atoms. The highest BCUT2D eigenvalue weighted by Crippen LogP contribution is 2.45. The first kappa shape index (κ1) is 24.9. The molecule has 1 aromatic carbocycles. The average Bonchev–Trinajstić information content (AvgIpc) is 3.55. The zero-order valence-electron chi connectivity index (χ0n) is 20.7. The van der Waals surface area contributed by atoms with Crippen LogP contribution in [0.2, 0.25) is 0 Å². The number of aromatic nitrogens is 2. The van der Waals surface area contributed by atoms with E-state index in [0.29, 0.717) is 24.2 Å². The molecule has 0 spiro atoms. The normalized spacial score (nSPS) is 23.4. The molecule has 0 radical (unpaired) electrons. The first-order valence-corrected chi connectivity index (χ1v) is 14.0. The van der Waals surface area contributed by atoms with E-state index in [4.69, 9.17) is 9.15 Å². The molecular weight excluding hydrogens is 470 g/mol. The van der Waals surface area contributed by atoms with Gasteiger partial charge >= 0.3 is 5.97 Å². The third kappa shape index (κ3) is 5.32. The van der Waals surface area contributed by atoms with Gasteiger partial charge in [-0.1, -0.05) is 56.0 Å². The van der Waals surface area contributed by atoms with Gasteiger partial charge in [-0.15, -0.1) is 28.1 Å². The van der Waals surface area contributed by atoms with Gasteiger partial charge in [-0.25, -0.2) is 0 Å². The smallest absolute Gasteiger partial charge is 0.317 e. The van der Waals surface area contributed by atoms with E-state index in [0.717, 1.165) is 50.6 Å². The van der Waals surface area contributed by atoms with Crippen molar-refractivity contribution >= 4 is 17.3 Å². The Hall–Kier alpha value is -2.77. The average molecular weight is 506 g/mol. The maximum Gasteiger partial charge on any atom is 0.317 e. The monoisotopic (exact) mass is 505 g/mol. The van der Waals surface area contributed by atoms with Gasteiger partial charge in [0.2, 0.25) is 11.8 Å². The number of nitrogens with one attached hydrogen (secondary N) is 1. The largest absolute Gasteiger partial charge is 0.461 e. The van der Waals surface area contributed by atoms with E-state index in [1.807, 2.05) is 36.4 Å². The second kappa shape index (κ2) is 11.5. The summed E-state index contributed by atoms with van der Waals surface area (Å²) in [5.41, 5.74) is 0.444. The van der Waals surface area contributed by atoms with Crippen LogP contribution in [0.5, 0.6) is 0 Å². The van der Waals surface area contributed by atoms with Gasteiger partial charge in [-0.05, 0) is 61.7 Å². The highest BCUT2D eigenvalue weighted by molar-refractivity contribution is 7.10. The molecule has 3 aromatic rings. The number of carbonyl (C=O) groups excluding carboxylic acids is 1. The van der Waals surface area contributed by atoms with Gasteiger partial charge in [0.15, 0.2) is 0 Å². The molecule has 0 aliphatic heterocycles. The van der Waals surface area contributed by atoms with Gasteiger partial charge < -0.3 is 14.5 Å². The topological polar surface area (TPSA) is 77.2 Å². The zero-order valence-corrected chi connectivity index (χ0v) is 21.6. The van der Waals surface area contributed by atoms with Crippen LogP contribution < -0.4 is 5.32 Å². The molecule has 2 heterocycles. The molecule has 6 nitrogen and oxygen atoms in total. The van der Waals surface area contributed by atoms with E-state index in [2.05, 4.69) is 39.6 Å². The van der Waals surface area contributed by atoms with Crippen molar-refractivity contribution in [2.45, 2.75) is 69.4 Å². The predicted octanol–water partition coefficient (Wildman–Crippen LogP) is 6.30. The van der Waals surface area contributed by atoms with Crippen LogP contribution in [-0.2, 0) is 21.5 Å². The summed E-state index contributed by atoms with van der Waals surface area (Å²) in [6.45, 7) is 5.31. The number of esters is 1. The number of rotatable bonds is 10. The van der Waals surface area contributed by atoms with E-state index in [1.165, 1.54) is 17.7 Å². The Bertz CT molecular complexity index is 1120. The Balaban J connectivity index is 1.15. The fourth-order valence-electron chi connectivity index (χ4n) is 5.68. The van der Waals surface area contributed by atoms with E-state index < -0.39 is 5.41 Å². The first-order valence-electron chi connectivity index (χ1n) is 13.2. The van der Waals surface area contributed by atoms with Gasteiger partial charge in [-0.2, -0.15) is 0 Å². The van der Waals surface area contributed by atoms with Crippen molar-refractivity contribution in [3.63, 3.8) is 0 Å². The summed E-state index contributed by atoms with van der Waals surface area (Å²) in [6, 6.07) is 13.9. The molecule has 2 saturated carbocycles. The SMILES string of the molecule is C=CC1C[C@H](OC(=O)C2(c3cccs3)CCCCCC2)C1CCNCc1nnc(-c2ccccc2)o1. The molecular formula is C29H35N3O3S. The third-order valence-electron chi connectivity index (χ3n) is 7.85. The van der Waals surface area contributed by atoms with Crippen LogP contribution in [0, 0.1) is 11.8 Å². The van der Waals surface area contributed by atoms with Gasteiger partial charge in [-0.3, -0.25) is 4.79 Å². The van der Waals surface area contributed by atoms with Crippen LogP contribution in [0.1, 0.15) is 62.1 Å². The summed E-state index contributed by atoms with van der Waals surface area (Å²) in [4.78, 5) is 14.8. The van der Waals surface area contributed by atoms with E-state index in [-0.39, 0.29) is 18.0 Å². The number of allylic oxidation sites excluding steroid dienone is 1. The van der Waals surface area contributed by atoms with Crippen molar-refractivity contribution in [1.29, 1.82) is 0 Å². The van der Waals surface area contributed by atoms with Gasteiger partial charge in [0.05, 0.1) is 6.54 Å². The number of benzene rings is 1. The second-order valence-electron chi connectivity index (χ2n) is 10.0. The Labute approximate surface area is 217 Å². The minimum absolute atomic E-state index is 0.0170. The van der Waals surface area contributed by atoms with E-state index in [1.54, 1.807) is 11.3 Å². The van der Waals surface area contributed by atoms with Crippen molar-refractivity contribution in [1.82, 2.24) is 15.5 Å². The Morgan fingerprint density at radius 2 is 1.94 bits per heavy atom.